The van der Waals surface area contributed by atoms with E-state index in [1.54, 1.807) is 6.92 Å². The van der Waals surface area contributed by atoms with Gasteiger partial charge in [0.15, 0.2) is 0 Å². The summed E-state index contributed by atoms with van der Waals surface area (Å²) >= 11 is 0. The van der Waals surface area contributed by atoms with E-state index in [0.717, 1.165) is 0 Å². The Kier molecular flexibility index (Phi) is 8.35. The van der Waals surface area contributed by atoms with E-state index in [2.05, 4.69) is 3.63 Å². The van der Waals surface area contributed by atoms with Crippen molar-refractivity contribution >= 4 is 50.7 Å². The zero-order chi connectivity index (χ0) is 8.20. The second kappa shape index (κ2) is 6.38. The molecule has 0 rings (SSSR count). The van der Waals surface area contributed by atoms with Gasteiger partial charge in [-0.3, -0.25) is 0 Å². The van der Waals surface area contributed by atoms with Gasteiger partial charge in [0.05, 0.1) is 5.75 Å². The summed E-state index contributed by atoms with van der Waals surface area (Å²) in [5.74, 6) is -0.268. The van der Waals surface area contributed by atoms with Crippen LogP contribution in [0.3, 0.4) is 0 Å². The van der Waals surface area contributed by atoms with Crippen molar-refractivity contribution in [2.75, 3.05) is 5.75 Å². The van der Waals surface area contributed by atoms with Crippen LogP contribution in [-0.2, 0) is 24.7 Å². The summed E-state index contributed by atoms with van der Waals surface area (Å²) in [6.45, 7) is 1.61. The Bertz CT molecular complexity index is 245. The summed E-state index contributed by atoms with van der Waals surface area (Å²) in [6.07, 6.45) is 0.339. The molecular weight excluding hydrogens is 203 g/mol. The van der Waals surface area contributed by atoms with Crippen LogP contribution in [0.4, 0.5) is 0 Å². The van der Waals surface area contributed by atoms with Gasteiger partial charge in [-0.15, -0.1) is 3.63 Å². The van der Waals surface area contributed by atoms with Crippen molar-refractivity contribution in [3.8, 4) is 0 Å². The Morgan fingerprint density at radius 2 is 1.82 bits per heavy atom. The second-order valence-electron chi connectivity index (χ2n) is 1.56. The van der Waals surface area contributed by atoms with E-state index in [-0.39, 0.29) is 35.3 Å². The molecule has 0 aliphatic carbocycles. The molecule has 0 amide bonds. The van der Waals surface area contributed by atoms with Gasteiger partial charge in [-0.05, 0) is 6.42 Å². The zero-order valence-corrected chi connectivity index (χ0v) is 7.02. The van der Waals surface area contributed by atoms with Gasteiger partial charge in [-0.25, -0.2) is 8.42 Å². The standard InChI is InChI=1S/C3H8O5S2.Na.H/c1-2-3-10(6,7)8-9(4)5;;/h9H,2-3H2,1H3;;. The van der Waals surface area contributed by atoms with Gasteiger partial charge >= 0.3 is 29.6 Å². The first-order valence-corrected chi connectivity index (χ1v) is 5.22. The van der Waals surface area contributed by atoms with E-state index >= 15 is 0 Å². The molecule has 0 heterocycles. The molecule has 11 heavy (non-hydrogen) atoms. The first-order chi connectivity index (χ1) is 4.48. The van der Waals surface area contributed by atoms with Gasteiger partial charge in [0.25, 0.3) is 21.1 Å². The van der Waals surface area contributed by atoms with E-state index in [9.17, 15) is 16.8 Å². The van der Waals surface area contributed by atoms with E-state index in [1.807, 2.05) is 0 Å². The van der Waals surface area contributed by atoms with Gasteiger partial charge < -0.3 is 0 Å². The van der Waals surface area contributed by atoms with Crippen molar-refractivity contribution in [2.24, 2.45) is 0 Å². The summed E-state index contributed by atoms with van der Waals surface area (Å²) in [6, 6.07) is 0. The summed E-state index contributed by atoms with van der Waals surface area (Å²) in [4.78, 5) is 0. The Morgan fingerprint density at radius 3 is 2.09 bits per heavy atom. The maximum atomic E-state index is 10.4. The predicted molar refractivity (Wildman–Crippen MR) is 42.6 cm³/mol. The molecule has 0 aromatic carbocycles. The van der Waals surface area contributed by atoms with E-state index < -0.39 is 21.1 Å². The fraction of sp³-hybridized carbons (Fsp3) is 1.00. The molecule has 0 N–H and O–H groups in total. The molecule has 0 fully saturated rings. The van der Waals surface area contributed by atoms with Crippen LogP contribution in [0.2, 0.25) is 0 Å². The van der Waals surface area contributed by atoms with Gasteiger partial charge in [-0.2, -0.15) is 8.42 Å². The molecule has 0 aromatic rings. The van der Waals surface area contributed by atoms with E-state index in [4.69, 9.17) is 0 Å². The van der Waals surface area contributed by atoms with Crippen LogP contribution in [0.5, 0.6) is 0 Å². The fourth-order valence-corrected chi connectivity index (χ4v) is 1.92. The molecule has 5 nitrogen and oxygen atoms in total. The van der Waals surface area contributed by atoms with Crippen LogP contribution in [0.15, 0.2) is 0 Å². The van der Waals surface area contributed by atoms with Crippen molar-refractivity contribution in [3.05, 3.63) is 0 Å². The number of hydrogen-bond acceptors (Lipinski definition) is 5. The molecule has 8 heteroatoms. The maximum absolute atomic E-state index is 10.4. The van der Waals surface area contributed by atoms with Crippen LogP contribution < -0.4 is 0 Å². The Morgan fingerprint density at radius 1 is 1.36 bits per heavy atom. The van der Waals surface area contributed by atoms with Crippen molar-refractivity contribution < 1.29 is 20.5 Å². The molecule has 0 atom stereocenters. The average molecular weight is 212 g/mol. The fourth-order valence-electron chi connectivity index (χ4n) is 0.380. The molecule has 0 bridgehead atoms. The Hall–Kier alpha value is 0.860. The minimum absolute atomic E-state index is 0. The number of rotatable bonds is 4. The van der Waals surface area contributed by atoms with Crippen molar-refractivity contribution in [1.29, 1.82) is 0 Å². The van der Waals surface area contributed by atoms with Crippen LogP contribution >= 0.6 is 0 Å². The molecule has 64 valence electrons. The normalized spacial score (nSPS) is 11.1. The molecule has 0 aromatic heterocycles. The van der Waals surface area contributed by atoms with Crippen LogP contribution in [0, 0.1) is 0 Å². The molecule has 0 aliphatic heterocycles. The quantitative estimate of drug-likeness (QED) is 0.459. The van der Waals surface area contributed by atoms with E-state index in [1.165, 1.54) is 0 Å². The third kappa shape index (κ3) is 8.77. The molecule has 0 radical (unpaired) electrons. The first-order valence-electron chi connectivity index (χ1n) is 2.54. The van der Waals surface area contributed by atoms with Crippen LogP contribution in [0.1, 0.15) is 13.3 Å². The van der Waals surface area contributed by atoms with Gasteiger partial charge in [-0.1, -0.05) is 6.92 Å². The predicted octanol–water partition coefficient (Wildman–Crippen LogP) is -1.38. The monoisotopic (exact) mass is 212 g/mol. The molecular formula is C3H9NaO5S2. The van der Waals surface area contributed by atoms with Crippen molar-refractivity contribution in [3.63, 3.8) is 0 Å². The number of thiol groups is 1. The summed E-state index contributed by atoms with van der Waals surface area (Å²) in [5.41, 5.74) is 0. The van der Waals surface area contributed by atoms with Crippen LogP contribution in [-0.4, -0.2) is 52.1 Å². The van der Waals surface area contributed by atoms with Gasteiger partial charge in [0.1, 0.15) is 0 Å². The van der Waals surface area contributed by atoms with Crippen LogP contribution in [0.25, 0.3) is 0 Å². The summed E-state index contributed by atoms with van der Waals surface area (Å²) < 4.78 is 43.9. The summed E-state index contributed by atoms with van der Waals surface area (Å²) in [5, 5.41) is 0. The Labute approximate surface area is 89.7 Å². The van der Waals surface area contributed by atoms with Crippen molar-refractivity contribution in [1.82, 2.24) is 0 Å². The first kappa shape index (κ1) is 14.4. The number of hydrogen-bond donors (Lipinski definition) is 1. The third-order valence-electron chi connectivity index (χ3n) is 0.629. The molecule has 0 aliphatic rings. The summed E-state index contributed by atoms with van der Waals surface area (Å²) in [7, 11) is -7.12. The topological polar surface area (TPSA) is 77.5 Å². The van der Waals surface area contributed by atoms with Gasteiger partial charge in [0, 0.05) is 0 Å². The SMILES string of the molecule is CCCS(=O)(=O)O[SH](=O)=O.[NaH]. The molecule has 0 unspecified atom stereocenters. The van der Waals surface area contributed by atoms with E-state index in [0.29, 0.717) is 6.42 Å². The third-order valence-corrected chi connectivity index (χ3v) is 2.93. The molecule has 0 saturated carbocycles. The van der Waals surface area contributed by atoms with Gasteiger partial charge in [0.2, 0.25) is 0 Å². The Balaban J connectivity index is 0. The zero-order valence-electron chi connectivity index (χ0n) is 5.31. The average Bonchev–Trinajstić information content (AvgIpc) is 1.59. The minimum atomic E-state index is -3.83. The van der Waals surface area contributed by atoms with Crippen molar-refractivity contribution in [2.45, 2.75) is 13.3 Å². The molecule has 0 spiro atoms. The molecule has 0 saturated heterocycles. The second-order valence-corrected chi connectivity index (χ2v) is 4.13.